The molecule has 0 aliphatic rings. The van der Waals surface area contributed by atoms with Gasteiger partial charge in [-0.15, -0.1) is 0 Å². The van der Waals surface area contributed by atoms with Crippen LogP contribution in [0.3, 0.4) is 0 Å². The molecule has 3 heterocycles. The van der Waals surface area contributed by atoms with Crippen LogP contribution < -0.4 is 5.32 Å². The lowest BCUT2D eigenvalue weighted by Crippen LogP contribution is -2.10. The zero-order chi connectivity index (χ0) is 21.5. The summed E-state index contributed by atoms with van der Waals surface area (Å²) >= 11 is 0. The highest BCUT2D eigenvalue weighted by molar-refractivity contribution is 5.38. The first-order chi connectivity index (χ1) is 15.2. The van der Waals surface area contributed by atoms with Crippen molar-refractivity contribution >= 4 is 5.82 Å². The fourth-order valence-electron chi connectivity index (χ4n) is 3.31. The first kappa shape index (κ1) is 20.5. The molecule has 1 aromatic carbocycles. The second kappa shape index (κ2) is 9.84. The molecule has 4 aromatic rings. The van der Waals surface area contributed by atoms with Gasteiger partial charge in [-0.05, 0) is 41.3 Å². The van der Waals surface area contributed by atoms with Crippen LogP contribution in [0, 0.1) is 5.82 Å². The van der Waals surface area contributed by atoms with Crippen molar-refractivity contribution in [1.82, 2.24) is 24.9 Å². The minimum atomic E-state index is -0.235. The first-order valence-corrected chi connectivity index (χ1v) is 10.2. The maximum absolute atomic E-state index is 13.3. The molecule has 0 bridgehead atoms. The highest BCUT2D eigenvalue weighted by Gasteiger charge is 2.12. The van der Waals surface area contributed by atoms with Crippen molar-refractivity contribution in [3.63, 3.8) is 0 Å². The third-order valence-electron chi connectivity index (χ3n) is 4.96. The molecule has 3 aromatic heterocycles. The van der Waals surface area contributed by atoms with E-state index in [-0.39, 0.29) is 11.7 Å². The van der Waals surface area contributed by atoms with Crippen molar-refractivity contribution in [3.8, 4) is 0 Å². The summed E-state index contributed by atoms with van der Waals surface area (Å²) in [4.78, 5) is 22.0. The summed E-state index contributed by atoms with van der Waals surface area (Å²) < 4.78 is 13.3. The molecule has 0 amide bonds. The van der Waals surface area contributed by atoms with Crippen molar-refractivity contribution in [2.75, 3.05) is 5.32 Å². The van der Waals surface area contributed by atoms with Crippen molar-refractivity contribution in [2.45, 2.75) is 32.2 Å². The molecule has 0 aliphatic carbocycles. The largest absolute Gasteiger partial charge is 0.366 e. The highest BCUT2D eigenvalue weighted by atomic mass is 19.1. The first-order valence-electron chi connectivity index (χ1n) is 10.2. The van der Waals surface area contributed by atoms with E-state index in [1.807, 2.05) is 30.3 Å². The van der Waals surface area contributed by atoms with E-state index in [0.29, 0.717) is 19.4 Å². The average molecular weight is 414 g/mol. The van der Waals surface area contributed by atoms with Crippen LogP contribution in [0.5, 0.6) is 0 Å². The maximum Gasteiger partial charge on any atom is 0.131 e. The van der Waals surface area contributed by atoms with Gasteiger partial charge in [0.15, 0.2) is 0 Å². The number of rotatable bonds is 8. The zero-order valence-electron chi connectivity index (χ0n) is 17.2. The van der Waals surface area contributed by atoms with Crippen molar-refractivity contribution in [2.24, 2.45) is 0 Å². The monoisotopic (exact) mass is 414 g/mol. The third-order valence-corrected chi connectivity index (χ3v) is 4.96. The molecular formula is C24H23FN6. The van der Waals surface area contributed by atoms with Crippen molar-refractivity contribution in [3.05, 3.63) is 108 Å². The van der Waals surface area contributed by atoms with Gasteiger partial charge >= 0.3 is 0 Å². The van der Waals surface area contributed by atoms with Crippen LogP contribution in [-0.4, -0.2) is 24.9 Å². The quantitative estimate of drug-likeness (QED) is 0.462. The summed E-state index contributed by atoms with van der Waals surface area (Å²) in [5.74, 6) is 1.41. The van der Waals surface area contributed by atoms with Gasteiger partial charge in [-0.2, -0.15) is 0 Å². The van der Waals surface area contributed by atoms with Gasteiger partial charge in [0, 0.05) is 56.4 Å². The van der Waals surface area contributed by atoms with Gasteiger partial charge in [0.25, 0.3) is 0 Å². The molecule has 0 spiro atoms. The summed E-state index contributed by atoms with van der Waals surface area (Å²) in [5, 5.41) is 3.38. The number of nitrogens with zero attached hydrogens (tertiary/aromatic N) is 5. The molecule has 31 heavy (non-hydrogen) atoms. The van der Waals surface area contributed by atoms with Crippen LogP contribution >= 0.6 is 0 Å². The van der Waals surface area contributed by atoms with Crippen LogP contribution in [-0.2, 0) is 19.4 Å². The molecular weight excluding hydrogens is 391 g/mol. The van der Waals surface area contributed by atoms with E-state index in [1.54, 1.807) is 31.0 Å². The predicted molar refractivity (Wildman–Crippen MR) is 117 cm³/mol. The number of nitrogens with one attached hydrogen (secondary N) is 1. The Bertz CT molecular complexity index is 1100. The van der Waals surface area contributed by atoms with Gasteiger partial charge in [0.1, 0.15) is 17.5 Å². The molecule has 0 saturated heterocycles. The Labute approximate surface area is 180 Å². The van der Waals surface area contributed by atoms with E-state index in [4.69, 9.17) is 9.97 Å². The molecule has 0 unspecified atom stereocenters. The molecule has 156 valence electrons. The third kappa shape index (κ3) is 5.88. The van der Waals surface area contributed by atoms with E-state index >= 15 is 0 Å². The topological polar surface area (TPSA) is 76.5 Å². The Morgan fingerprint density at radius 1 is 0.903 bits per heavy atom. The normalized spacial score (nSPS) is 11.8. The minimum absolute atomic E-state index is 0.153. The second-order valence-corrected chi connectivity index (χ2v) is 7.40. The van der Waals surface area contributed by atoms with E-state index in [1.165, 1.54) is 12.1 Å². The molecule has 1 atom stereocenters. The standard InChI is InChI=1S/C24H23FN6/c1-17(19-2-4-20(25)5-3-19)12-24-30-21(13-22-16-27-10-11-28-22)14-23(31-24)29-15-18-6-8-26-9-7-18/h2-11,14,16-17H,12-13,15H2,1H3,(H,29,30,31)/t17-/m1/s1. The molecule has 0 radical (unpaired) electrons. The molecule has 6 nitrogen and oxygen atoms in total. The van der Waals surface area contributed by atoms with E-state index in [0.717, 1.165) is 34.2 Å². The van der Waals surface area contributed by atoms with E-state index in [9.17, 15) is 4.39 Å². The lowest BCUT2D eigenvalue weighted by Gasteiger charge is -2.14. The van der Waals surface area contributed by atoms with Gasteiger partial charge < -0.3 is 5.32 Å². The summed E-state index contributed by atoms with van der Waals surface area (Å²) in [5.41, 5.74) is 3.88. The van der Waals surface area contributed by atoms with Crippen LogP contribution in [0.2, 0.25) is 0 Å². The molecule has 0 fully saturated rings. The van der Waals surface area contributed by atoms with E-state index < -0.39 is 0 Å². The number of aromatic nitrogens is 5. The minimum Gasteiger partial charge on any atom is -0.366 e. The number of anilines is 1. The maximum atomic E-state index is 13.3. The summed E-state index contributed by atoms with van der Waals surface area (Å²) in [7, 11) is 0. The van der Waals surface area contributed by atoms with Crippen LogP contribution in [0.15, 0.2) is 73.4 Å². The number of benzene rings is 1. The Kier molecular flexibility index (Phi) is 6.52. The molecule has 0 saturated carbocycles. The molecule has 7 heteroatoms. The van der Waals surface area contributed by atoms with Crippen LogP contribution in [0.1, 0.15) is 41.2 Å². The number of hydrogen-bond acceptors (Lipinski definition) is 6. The fourth-order valence-corrected chi connectivity index (χ4v) is 3.31. The highest BCUT2D eigenvalue weighted by Crippen LogP contribution is 2.21. The van der Waals surface area contributed by atoms with Gasteiger partial charge in [-0.1, -0.05) is 19.1 Å². The lowest BCUT2D eigenvalue weighted by atomic mass is 9.97. The zero-order valence-corrected chi connectivity index (χ0v) is 17.2. The van der Waals surface area contributed by atoms with Crippen molar-refractivity contribution in [1.29, 1.82) is 0 Å². The molecule has 1 N–H and O–H groups in total. The Morgan fingerprint density at radius 3 is 2.45 bits per heavy atom. The van der Waals surface area contributed by atoms with Gasteiger partial charge in [-0.3, -0.25) is 15.0 Å². The predicted octanol–water partition coefficient (Wildman–Crippen LogP) is 4.35. The Hall–Kier alpha value is -3.74. The fraction of sp³-hybridized carbons (Fsp3) is 0.208. The van der Waals surface area contributed by atoms with Gasteiger partial charge in [-0.25, -0.2) is 14.4 Å². The lowest BCUT2D eigenvalue weighted by molar-refractivity contribution is 0.624. The number of pyridine rings is 1. The Morgan fingerprint density at radius 2 is 1.71 bits per heavy atom. The van der Waals surface area contributed by atoms with Gasteiger partial charge in [0.2, 0.25) is 0 Å². The summed E-state index contributed by atoms with van der Waals surface area (Å²) in [6, 6.07) is 12.5. The number of hydrogen-bond donors (Lipinski definition) is 1. The molecule has 4 rings (SSSR count). The molecule has 0 aliphatic heterocycles. The van der Waals surface area contributed by atoms with Crippen LogP contribution in [0.4, 0.5) is 10.2 Å². The van der Waals surface area contributed by atoms with Crippen molar-refractivity contribution < 1.29 is 4.39 Å². The van der Waals surface area contributed by atoms with E-state index in [2.05, 4.69) is 27.2 Å². The summed E-state index contributed by atoms with van der Waals surface area (Å²) in [6.07, 6.45) is 9.82. The van der Waals surface area contributed by atoms with Gasteiger partial charge in [0.05, 0.1) is 11.4 Å². The Balaban J connectivity index is 1.56. The number of halogens is 1. The van der Waals surface area contributed by atoms with Crippen LogP contribution in [0.25, 0.3) is 0 Å². The second-order valence-electron chi connectivity index (χ2n) is 7.40. The SMILES string of the molecule is C[C@H](Cc1nc(Cc2cnccn2)cc(NCc2ccncc2)n1)c1ccc(F)cc1. The summed E-state index contributed by atoms with van der Waals surface area (Å²) in [6.45, 7) is 2.73. The average Bonchev–Trinajstić information content (AvgIpc) is 2.79. The smallest absolute Gasteiger partial charge is 0.131 e.